The molecule has 0 fully saturated rings. The first-order valence-corrected chi connectivity index (χ1v) is 6.24. The fraction of sp³-hybridized carbons (Fsp3) is 0.462. The van der Waals surface area contributed by atoms with Gasteiger partial charge in [0.15, 0.2) is 0 Å². The van der Waals surface area contributed by atoms with Gasteiger partial charge < -0.3 is 5.11 Å². The third kappa shape index (κ3) is 3.30. The highest BCUT2D eigenvalue weighted by atomic mass is 79.9. The Bertz CT molecular complexity index is 429. The first kappa shape index (κ1) is 14.2. The van der Waals surface area contributed by atoms with Crippen molar-refractivity contribution in [3.63, 3.8) is 0 Å². The van der Waals surface area contributed by atoms with Gasteiger partial charge in [-0.2, -0.15) is 0 Å². The summed E-state index contributed by atoms with van der Waals surface area (Å²) in [6.45, 7) is 6.07. The number of aryl methyl sites for hydroxylation is 1. The van der Waals surface area contributed by atoms with Crippen molar-refractivity contribution in [2.24, 2.45) is 0 Å². The monoisotopic (exact) mass is 299 g/mol. The molecule has 94 valence electrons. The van der Waals surface area contributed by atoms with E-state index in [-0.39, 0.29) is 0 Å². The third-order valence-corrected chi connectivity index (χ3v) is 3.69. The molecule has 0 atom stereocenters. The van der Waals surface area contributed by atoms with Crippen LogP contribution in [0.2, 0.25) is 0 Å². The van der Waals surface area contributed by atoms with Crippen molar-refractivity contribution in [1.82, 2.24) is 4.90 Å². The summed E-state index contributed by atoms with van der Waals surface area (Å²) >= 11 is 3.43. The summed E-state index contributed by atoms with van der Waals surface area (Å²) in [5, 5.41) is 9.16. The number of rotatable bonds is 4. The van der Waals surface area contributed by atoms with Crippen molar-refractivity contribution >= 4 is 21.9 Å². The van der Waals surface area contributed by atoms with Crippen molar-refractivity contribution in [2.75, 3.05) is 7.05 Å². The van der Waals surface area contributed by atoms with Gasteiger partial charge >= 0.3 is 5.97 Å². The Labute approximate surface area is 111 Å². The lowest BCUT2D eigenvalue weighted by Crippen LogP contribution is -2.47. The van der Waals surface area contributed by atoms with E-state index >= 15 is 0 Å². The molecule has 1 aromatic rings. The molecule has 0 aliphatic heterocycles. The average molecular weight is 300 g/mol. The summed E-state index contributed by atoms with van der Waals surface area (Å²) in [5.74, 6) is -0.812. The molecule has 17 heavy (non-hydrogen) atoms. The molecule has 0 amide bonds. The second kappa shape index (κ2) is 5.19. The van der Waals surface area contributed by atoms with Gasteiger partial charge in [-0.25, -0.2) is 0 Å². The largest absolute Gasteiger partial charge is 0.480 e. The highest BCUT2D eigenvalue weighted by molar-refractivity contribution is 9.10. The molecule has 0 aliphatic rings. The number of hydrogen-bond donors (Lipinski definition) is 1. The average Bonchev–Trinajstić information content (AvgIpc) is 2.23. The minimum Gasteiger partial charge on any atom is -0.480 e. The van der Waals surface area contributed by atoms with Crippen molar-refractivity contribution < 1.29 is 9.90 Å². The zero-order valence-corrected chi connectivity index (χ0v) is 12.2. The summed E-state index contributed by atoms with van der Waals surface area (Å²) in [4.78, 5) is 13.0. The molecule has 0 bridgehead atoms. The number of hydrogen-bond acceptors (Lipinski definition) is 2. The second-order valence-electron chi connectivity index (χ2n) is 4.79. The van der Waals surface area contributed by atoms with Gasteiger partial charge in [0, 0.05) is 11.0 Å². The molecule has 0 aliphatic carbocycles. The van der Waals surface area contributed by atoms with Gasteiger partial charge in [0.2, 0.25) is 0 Å². The van der Waals surface area contributed by atoms with Crippen LogP contribution in [0.25, 0.3) is 0 Å². The number of likely N-dealkylation sites (N-methyl/N-ethyl adjacent to an activating group) is 1. The molecule has 0 saturated carbocycles. The maximum Gasteiger partial charge on any atom is 0.323 e. The third-order valence-electron chi connectivity index (χ3n) is 3.20. The standard InChI is InChI=1S/C13H18BrNO2/c1-9-5-6-11(14)7-10(9)8-15(4)13(2,3)12(16)17/h5-7H,8H2,1-4H3,(H,16,17). The quantitative estimate of drug-likeness (QED) is 0.929. The second-order valence-corrected chi connectivity index (χ2v) is 5.71. The smallest absolute Gasteiger partial charge is 0.323 e. The minimum atomic E-state index is -0.866. The van der Waals surface area contributed by atoms with E-state index in [0.717, 1.165) is 10.0 Å². The summed E-state index contributed by atoms with van der Waals surface area (Å²) in [7, 11) is 1.83. The van der Waals surface area contributed by atoms with Crippen molar-refractivity contribution in [1.29, 1.82) is 0 Å². The molecule has 0 saturated heterocycles. The summed E-state index contributed by atoms with van der Waals surface area (Å²) in [6, 6.07) is 6.05. The zero-order valence-electron chi connectivity index (χ0n) is 10.6. The fourth-order valence-electron chi connectivity index (χ4n) is 1.43. The van der Waals surface area contributed by atoms with Crippen LogP contribution in [-0.2, 0) is 11.3 Å². The number of carboxylic acid groups (broad SMARTS) is 1. The molecule has 0 radical (unpaired) electrons. The van der Waals surface area contributed by atoms with Crippen molar-refractivity contribution in [3.8, 4) is 0 Å². The molecule has 0 heterocycles. The van der Waals surface area contributed by atoms with Crippen LogP contribution >= 0.6 is 15.9 Å². The maximum atomic E-state index is 11.2. The van der Waals surface area contributed by atoms with E-state index in [4.69, 9.17) is 5.11 Å². The molecule has 1 rings (SSSR count). The molecule has 3 nitrogen and oxygen atoms in total. The van der Waals surface area contributed by atoms with Crippen molar-refractivity contribution in [2.45, 2.75) is 32.9 Å². The first-order chi connectivity index (χ1) is 7.75. The summed E-state index contributed by atoms with van der Waals surface area (Å²) in [6.07, 6.45) is 0. The van der Waals surface area contributed by atoms with Crippen LogP contribution in [0.3, 0.4) is 0 Å². The lowest BCUT2D eigenvalue weighted by Gasteiger charge is -2.31. The van der Waals surface area contributed by atoms with E-state index in [1.807, 2.05) is 37.1 Å². The summed E-state index contributed by atoms with van der Waals surface area (Å²) < 4.78 is 1.01. The number of halogens is 1. The SMILES string of the molecule is Cc1ccc(Br)cc1CN(C)C(C)(C)C(=O)O. The van der Waals surface area contributed by atoms with E-state index in [2.05, 4.69) is 15.9 Å². The number of carbonyl (C=O) groups is 1. The Morgan fingerprint density at radius 3 is 2.59 bits per heavy atom. The number of carboxylic acids is 1. The Morgan fingerprint density at radius 1 is 1.47 bits per heavy atom. The van der Waals surface area contributed by atoms with Gasteiger partial charge in [-0.05, 0) is 51.1 Å². The lowest BCUT2D eigenvalue weighted by atomic mass is 10.0. The van der Waals surface area contributed by atoms with E-state index in [1.165, 1.54) is 5.56 Å². The van der Waals surface area contributed by atoms with Crippen LogP contribution in [0.15, 0.2) is 22.7 Å². The molecule has 0 spiro atoms. The molecular weight excluding hydrogens is 282 g/mol. The van der Waals surface area contributed by atoms with Crippen LogP contribution in [0.4, 0.5) is 0 Å². The predicted molar refractivity (Wildman–Crippen MR) is 72.1 cm³/mol. The van der Waals surface area contributed by atoms with Crippen molar-refractivity contribution in [3.05, 3.63) is 33.8 Å². The Hall–Kier alpha value is -0.870. The number of benzene rings is 1. The minimum absolute atomic E-state index is 0.616. The van der Waals surface area contributed by atoms with Gasteiger partial charge in [0.05, 0.1) is 0 Å². The molecule has 1 aromatic carbocycles. The van der Waals surface area contributed by atoms with E-state index in [9.17, 15) is 4.79 Å². The molecule has 0 aromatic heterocycles. The van der Waals surface area contributed by atoms with Crippen LogP contribution < -0.4 is 0 Å². The van der Waals surface area contributed by atoms with E-state index < -0.39 is 11.5 Å². The Morgan fingerprint density at radius 2 is 2.06 bits per heavy atom. The highest BCUT2D eigenvalue weighted by Gasteiger charge is 2.31. The van der Waals surface area contributed by atoms with Gasteiger partial charge in [0.25, 0.3) is 0 Å². The molecule has 1 N–H and O–H groups in total. The molecular formula is C13H18BrNO2. The predicted octanol–water partition coefficient (Wildman–Crippen LogP) is 3.05. The van der Waals surface area contributed by atoms with E-state index in [1.54, 1.807) is 13.8 Å². The fourth-order valence-corrected chi connectivity index (χ4v) is 1.84. The van der Waals surface area contributed by atoms with Crippen LogP contribution in [0.1, 0.15) is 25.0 Å². The van der Waals surface area contributed by atoms with Gasteiger partial charge in [0.1, 0.15) is 5.54 Å². The normalized spacial score (nSPS) is 11.9. The first-order valence-electron chi connectivity index (χ1n) is 5.45. The highest BCUT2D eigenvalue weighted by Crippen LogP contribution is 2.21. The van der Waals surface area contributed by atoms with Gasteiger partial charge in [-0.15, -0.1) is 0 Å². The topological polar surface area (TPSA) is 40.5 Å². The number of aliphatic carboxylic acids is 1. The number of nitrogens with zero attached hydrogens (tertiary/aromatic N) is 1. The molecule has 0 unspecified atom stereocenters. The van der Waals surface area contributed by atoms with Crippen LogP contribution in [0.5, 0.6) is 0 Å². The Kier molecular flexibility index (Phi) is 4.33. The maximum absolute atomic E-state index is 11.2. The van der Waals surface area contributed by atoms with Gasteiger partial charge in [-0.3, -0.25) is 9.69 Å². The lowest BCUT2D eigenvalue weighted by molar-refractivity contribution is -0.148. The molecule has 4 heteroatoms. The zero-order chi connectivity index (χ0) is 13.2. The summed E-state index contributed by atoms with van der Waals surface area (Å²) in [5.41, 5.74) is 1.44. The Balaban J connectivity index is 2.91. The van der Waals surface area contributed by atoms with Crippen LogP contribution in [-0.4, -0.2) is 28.6 Å². The van der Waals surface area contributed by atoms with E-state index in [0.29, 0.717) is 6.54 Å². The van der Waals surface area contributed by atoms with Crippen LogP contribution in [0, 0.1) is 6.92 Å². The van der Waals surface area contributed by atoms with Gasteiger partial charge in [-0.1, -0.05) is 22.0 Å².